The van der Waals surface area contributed by atoms with Gasteiger partial charge < -0.3 is 9.40 Å². The number of hydrogen-bond acceptors (Lipinski definition) is 6. The van der Waals surface area contributed by atoms with Crippen LogP contribution in [0.15, 0.2) is 35.0 Å². The summed E-state index contributed by atoms with van der Waals surface area (Å²) in [6.07, 6.45) is 1.43. The zero-order chi connectivity index (χ0) is 18.5. The van der Waals surface area contributed by atoms with Crippen molar-refractivity contribution >= 4 is 11.0 Å². The predicted molar refractivity (Wildman–Crippen MR) is 98.3 cm³/mol. The number of rotatable bonds is 3. The minimum absolute atomic E-state index is 0.460. The van der Waals surface area contributed by atoms with Crippen LogP contribution < -0.4 is 0 Å². The molecule has 5 rings (SSSR count). The van der Waals surface area contributed by atoms with Crippen molar-refractivity contribution in [2.45, 2.75) is 20.8 Å². The van der Waals surface area contributed by atoms with Crippen LogP contribution >= 0.6 is 0 Å². The topological polar surface area (TPSA) is 114 Å². The Morgan fingerprint density at radius 3 is 2.70 bits per heavy atom. The van der Waals surface area contributed by atoms with Crippen LogP contribution in [0.25, 0.3) is 39.8 Å². The standard InChI is InChI=1S/C18H16N8O/c1-9-6-13(10(2)27-9)18-23-17(16-19-8-20-24-16)25-26(18)12-4-5-14-15(7-12)22-11(3)21-14/h4-8H,1-3H3,(H,21,22)(H,19,20,24). The number of benzene rings is 1. The number of nitrogens with one attached hydrogen (secondary N) is 2. The highest BCUT2D eigenvalue weighted by Crippen LogP contribution is 2.29. The second kappa shape index (κ2) is 5.63. The molecule has 134 valence electrons. The van der Waals surface area contributed by atoms with Gasteiger partial charge in [0.1, 0.15) is 23.7 Å². The maximum absolute atomic E-state index is 5.70. The predicted octanol–water partition coefficient (Wildman–Crippen LogP) is 3.11. The van der Waals surface area contributed by atoms with Crippen LogP contribution in [0.5, 0.6) is 0 Å². The second-order valence-electron chi connectivity index (χ2n) is 6.36. The summed E-state index contributed by atoms with van der Waals surface area (Å²) in [6.45, 7) is 5.76. The van der Waals surface area contributed by atoms with E-state index in [0.29, 0.717) is 17.5 Å². The van der Waals surface area contributed by atoms with Gasteiger partial charge in [-0.25, -0.2) is 19.6 Å². The highest BCUT2D eigenvalue weighted by molar-refractivity contribution is 5.78. The molecule has 0 saturated carbocycles. The molecule has 0 bridgehead atoms. The van der Waals surface area contributed by atoms with Crippen molar-refractivity contribution in [3.63, 3.8) is 0 Å². The van der Waals surface area contributed by atoms with Gasteiger partial charge in [0, 0.05) is 0 Å². The molecular formula is C18H16N8O. The van der Waals surface area contributed by atoms with Crippen LogP contribution in [0.3, 0.4) is 0 Å². The Morgan fingerprint density at radius 2 is 1.96 bits per heavy atom. The second-order valence-corrected chi connectivity index (χ2v) is 6.36. The van der Waals surface area contributed by atoms with Crippen molar-refractivity contribution in [1.29, 1.82) is 0 Å². The number of H-pyrrole nitrogens is 2. The summed E-state index contributed by atoms with van der Waals surface area (Å²) in [5.41, 5.74) is 3.58. The summed E-state index contributed by atoms with van der Waals surface area (Å²) in [5, 5.41) is 11.4. The number of aryl methyl sites for hydroxylation is 3. The van der Waals surface area contributed by atoms with Crippen molar-refractivity contribution in [3.05, 3.63) is 47.9 Å². The summed E-state index contributed by atoms with van der Waals surface area (Å²) in [7, 11) is 0. The average molecular weight is 360 g/mol. The first kappa shape index (κ1) is 15.5. The maximum Gasteiger partial charge on any atom is 0.219 e. The third-order valence-electron chi connectivity index (χ3n) is 4.34. The molecule has 0 aliphatic carbocycles. The van der Waals surface area contributed by atoms with E-state index in [-0.39, 0.29) is 0 Å². The molecule has 1 aromatic carbocycles. The molecule has 0 radical (unpaired) electrons. The van der Waals surface area contributed by atoms with Gasteiger partial charge in [0.05, 0.1) is 22.3 Å². The Hall–Kier alpha value is -3.75. The number of aromatic amines is 2. The fourth-order valence-corrected chi connectivity index (χ4v) is 3.19. The molecule has 0 aliphatic rings. The Morgan fingerprint density at radius 1 is 1.07 bits per heavy atom. The van der Waals surface area contributed by atoms with Crippen LogP contribution in [0.1, 0.15) is 17.3 Å². The van der Waals surface area contributed by atoms with Gasteiger partial charge in [-0.15, -0.1) is 5.10 Å². The Bertz CT molecular complexity index is 1260. The molecule has 0 atom stereocenters. The zero-order valence-corrected chi connectivity index (χ0v) is 15.0. The Balaban J connectivity index is 1.74. The van der Waals surface area contributed by atoms with Crippen molar-refractivity contribution < 1.29 is 4.42 Å². The minimum Gasteiger partial charge on any atom is -0.466 e. The number of hydrogen-bond donors (Lipinski definition) is 2. The molecular weight excluding hydrogens is 344 g/mol. The highest BCUT2D eigenvalue weighted by atomic mass is 16.3. The average Bonchev–Trinajstić information content (AvgIpc) is 3.38. The SMILES string of the molecule is Cc1nc2ccc(-n3nc(-c4ncn[nH]4)nc3-c3cc(C)oc3C)cc2[nH]1. The van der Waals surface area contributed by atoms with Crippen LogP contribution in [0.2, 0.25) is 0 Å². The van der Waals surface area contributed by atoms with E-state index in [1.54, 1.807) is 4.68 Å². The van der Waals surface area contributed by atoms with Crippen molar-refractivity contribution in [2.24, 2.45) is 0 Å². The van der Waals surface area contributed by atoms with E-state index in [1.165, 1.54) is 6.33 Å². The first-order chi connectivity index (χ1) is 13.1. The summed E-state index contributed by atoms with van der Waals surface area (Å²) in [5.74, 6) is 4.10. The largest absolute Gasteiger partial charge is 0.466 e. The number of fused-ring (bicyclic) bond motifs is 1. The zero-order valence-electron chi connectivity index (χ0n) is 15.0. The van der Waals surface area contributed by atoms with E-state index in [1.807, 2.05) is 45.0 Å². The lowest BCUT2D eigenvalue weighted by molar-refractivity contribution is 0.505. The molecule has 0 fully saturated rings. The lowest BCUT2D eigenvalue weighted by Crippen LogP contribution is -2.00. The Kier molecular flexibility index (Phi) is 3.23. The lowest BCUT2D eigenvalue weighted by atomic mass is 10.2. The van der Waals surface area contributed by atoms with Gasteiger partial charge >= 0.3 is 0 Å². The van der Waals surface area contributed by atoms with Gasteiger partial charge in [-0.05, 0) is 45.0 Å². The monoisotopic (exact) mass is 360 g/mol. The molecule has 4 aromatic heterocycles. The van der Waals surface area contributed by atoms with Gasteiger partial charge in [0.2, 0.25) is 5.82 Å². The van der Waals surface area contributed by atoms with Gasteiger partial charge in [0.15, 0.2) is 11.6 Å². The van der Waals surface area contributed by atoms with Crippen LogP contribution in [-0.2, 0) is 0 Å². The van der Waals surface area contributed by atoms with Crippen LogP contribution in [0.4, 0.5) is 0 Å². The smallest absolute Gasteiger partial charge is 0.219 e. The maximum atomic E-state index is 5.70. The van der Waals surface area contributed by atoms with Crippen LogP contribution in [-0.4, -0.2) is 39.9 Å². The molecule has 5 aromatic rings. The number of imidazole rings is 1. The quantitative estimate of drug-likeness (QED) is 0.511. The van der Waals surface area contributed by atoms with Crippen molar-refractivity contribution in [1.82, 2.24) is 39.9 Å². The molecule has 4 heterocycles. The van der Waals surface area contributed by atoms with Crippen molar-refractivity contribution in [2.75, 3.05) is 0 Å². The number of furan rings is 1. The Labute approximate surface area is 153 Å². The molecule has 0 saturated heterocycles. The molecule has 0 spiro atoms. The fourth-order valence-electron chi connectivity index (χ4n) is 3.19. The van der Waals surface area contributed by atoms with E-state index in [4.69, 9.17) is 9.40 Å². The summed E-state index contributed by atoms with van der Waals surface area (Å²) in [6, 6.07) is 7.88. The molecule has 0 unspecified atom stereocenters. The molecule has 9 heteroatoms. The van der Waals surface area contributed by atoms with E-state index in [9.17, 15) is 0 Å². The van der Waals surface area contributed by atoms with Gasteiger partial charge in [-0.1, -0.05) is 0 Å². The van der Waals surface area contributed by atoms with Crippen LogP contribution in [0, 0.1) is 20.8 Å². The number of nitrogens with zero attached hydrogens (tertiary/aromatic N) is 6. The third kappa shape index (κ3) is 2.51. The lowest BCUT2D eigenvalue weighted by Gasteiger charge is -2.05. The van der Waals surface area contributed by atoms with E-state index in [2.05, 4.69) is 30.2 Å². The summed E-state index contributed by atoms with van der Waals surface area (Å²) >= 11 is 0. The van der Waals surface area contributed by atoms with E-state index in [0.717, 1.165) is 39.6 Å². The van der Waals surface area contributed by atoms with Gasteiger partial charge in [0.25, 0.3) is 0 Å². The molecule has 0 amide bonds. The molecule has 27 heavy (non-hydrogen) atoms. The minimum atomic E-state index is 0.460. The highest BCUT2D eigenvalue weighted by Gasteiger charge is 2.20. The molecule has 9 nitrogen and oxygen atoms in total. The van der Waals surface area contributed by atoms with Crippen molar-refractivity contribution in [3.8, 4) is 28.7 Å². The first-order valence-corrected chi connectivity index (χ1v) is 8.45. The number of aromatic nitrogens is 8. The summed E-state index contributed by atoms with van der Waals surface area (Å²) < 4.78 is 7.48. The summed E-state index contributed by atoms with van der Waals surface area (Å²) in [4.78, 5) is 16.6. The first-order valence-electron chi connectivity index (χ1n) is 8.45. The molecule has 2 N–H and O–H groups in total. The van der Waals surface area contributed by atoms with Gasteiger partial charge in [-0.2, -0.15) is 5.10 Å². The van der Waals surface area contributed by atoms with E-state index < -0.39 is 0 Å². The van der Waals surface area contributed by atoms with E-state index >= 15 is 0 Å². The fraction of sp³-hybridized carbons (Fsp3) is 0.167. The van der Waals surface area contributed by atoms with Gasteiger partial charge in [-0.3, -0.25) is 5.10 Å². The molecule has 0 aliphatic heterocycles. The third-order valence-corrected chi connectivity index (χ3v) is 4.34. The normalized spacial score (nSPS) is 11.5.